The van der Waals surface area contributed by atoms with Crippen LogP contribution in [0.15, 0.2) is 47.1 Å². The number of amides is 2. The molecular formula is C24H28N2O4. The monoisotopic (exact) mass is 408 g/mol. The van der Waals surface area contributed by atoms with E-state index < -0.39 is 0 Å². The van der Waals surface area contributed by atoms with E-state index in [0.717, 1.165) is 24.3 Å². The number of ether oxygens (including phenoxy) is 1. The summed E-state index contributed by atoms with van der Waals surface area (Å²) in [6.45, 7) is 0.750. The third-order valence-electron chi connectivity index (χ3n) is 7.03. The predicted molar refractivity (Wildman–Crippen MR) is 112 cm³/mol. The number of furan rings is 1. The van der Waals surface area contributed by atoms with Crippen LogP contribution in [0, 0.1) is 23.2 Å². The van der Waals surface area contributed by atoms with Crippen molar-refractivity contribution in [2.45, 2.75) is 38.5 Å². The zero-order valence-electron chi connectivity index (χ0n) is 17.1. The summed E-state index contributed by atoms with van der Waals surface area (Å²) in [5.74, 6) is 3.00. The van der Waals surface area contributed by atoms with Gasteiger partial charge >= 0.3 is 0 Å². The molecule has 0 unspecified atom stereocenters. The Morgan fingerprint density at radius 2 is 1.77 bits per heavy atom. The number of anilines is 1. The Morgan fingerprint density at radius 1 is 1.03 bits per heavy atom. The van der Waals surface area contributed by atoms with Crippen molar-refractivity contribution in [2.75, 3.05) is 18.5 Å². The van der Waals surface area contributed by atoms with Crippen molar-refractivity contribution in [3.8, 4) is 5.75 Å². The first kappa shape index (κ1) is 19.2. The van der Waals surface area contributed by atoms with Gasteiger partial charge in [0.1, 0.15) is 5.75 Å². The van der Waals surface area contributed by atoms with Gasteiger partial charge in [0.25, 0.3) is 11.8 Å². The molecule has 4 aliphatic rings. The van der Waals surface area contributed by atoms with Crippen LogP contribution >= 0.6 is 0 Å². The Kier molecular flexibility index (Phi) is 5.01. The number of nitrogens with one attached hydrogen (secondary N) is 2. The molecule has 1 aromatic carbocycles. The molecule has 6 heteroatoms. The Hall–Kier alpha value is -2.76. The normalized spacial score (nSPS) is 28.9. The molecular weight excluding hydrogens is 380 g/mol. The lowest BCUT2D eigenvalue weighted by Gasteiger charge is -2.56. The SMILES string of the molecule is O=C(COc1cccc(NC(=O)c2ccco2)c1)NCC12CC3CC(CC(C3)C1)C2. The topological polar surface area (TPSA) is 80.6 Å². The molecule has 2 N–H and O–H groups in total. The number of benzene rings is 1. The van der Waals surface area contributed by atoms with E-state index in [0.29, 0.717) is 16.9 Å². The van der Waals surface area contributed by atoms with Crippen LogP contribution in [-0.4, -0.2) is 25.0 Å². The van der Waals surface area contributed by atoms with E-state index in [2.05, 4.69) is 10.6 Å². The molecule has 4 aliphatic carbocycles. The minimum Gasteiger partial charge on any atom is -0.484 e. The summed E-state index contributed by atoms with van der Waals surface area (Å²) in [4.78, 5) is 24.5. The number of carbonyl (C=O) groups is 2. The van der Waals surface area contributed by atoms with Gasteiger partial charge in [-0.1, -0.05) is 6.07 Å². The highest BCUT2D eigenvalue weighted by molar-refractivity contribution is 6.02. The molecule has 4 bridgehead atoms. The molecule has 0 aliphatic heterocycles. The van der Waals surface area contributed by atoms with Crippen molar-refractivity contribution < 1.29 is 18.7 Å². The Morgan fingerprint density at radius 3 is 2.43 bits per heavy atom. The van der Waals surface area contributed by atoms with Crippen LogP contribution in [0.3, 0.4) is 0 Å². The fourth-order valence-electron chi connectivity index (χ4n) is 6.26. The van der Waals surface area contributed by atoms with E-state index in [-0.39, 0.29) is 24.2 Å². The first-order chi connectivity index (χ1) is 14.6. The van der Waals surface area contributed by atoms with E-state index in [1.807, 2.05) is 0 Å². The second kappa shape index (κ2) is 7.82. The fourth-order valence-corrected chi connectivity index (χ4v) is 6.26. The minimum atomic E-state index is -0.328. The molecule has 30 heavy (non-hydrogen) atoms. The van der Waals surface area contributed by atoms with Gasteiger partial charge in [-0.05, 0) is 86.0 Å². The summed E-state index contributed by atoms with van der Waals surface area (Å²) >= 11 is 0. The van der Waals surface area contributed by atoms with Crippen molar-refractivity contribution in [3.63, 3.8) is 0 Å². The van der Waals surface area contributed by atoms with Gasteiger partial charge in [0, 0.05) is 18.3 Å². The first-order valence-electron chi connectivity index (χ1n) is 10.9. The van der Waals surface area contributed by atoms with Crippen molar-refractivity contribution in [1.82, 2.24) is 5.32 Å². The smallest absolute Gasteiger partial charge is 0.291 e. The Labute approximate surface area is 176 Å². The van der Waals surface area contributed by atoms with Crippen molar-refractivity contribution in [2.24, 2.45) is 23.2 Å². The van der Waals surface area contributed by atoms with Crippen molar-refractivity contribution in [1.29, 1.82) is 0 Å². The minimum absolute atomic E-state index is 0.0258. The number of hydrogen-bond acceptors (Lipinski definition) is 4. The third-order valence-corrected chi connectivity index (χ3v) is 7.03. The van der Waals surface area contributed by atoms with Gasteiger partial charge in [-0.3, -0.25) is 9.59 Å². The highest BCUT2D eigenvalue weighted by atomic mass is 16.5. The van der Waals surface area contributed by atoms with Crippen molar-refractivity contribution in [3.05, 3.63) is 48.4 Å². The van der Waals surface area contributed by atoms with E-state index in [1.165, 1.54) is 44.8 Å². The molecule has 0 saturated heterocycles. The summed E-state index contributed by atoms with van der Waals surface area (Å²) in [6, 6.07) is 10.3. The van der Waals surface area contributed by atoms with E-state index in [1.54, 1.807) is 36.4 Å². The van der Waals surface area contributed by atoms with Gasteiger partial charge in [-0.15, -0.1) is 0 Å². The molecule has 0 radical (unpaired) electrons. The molecule has 1 aromatic heterocycles. The van der Waals surface area contributed by atoms with Gasteiger partial charge in [-0.2, -0.15) is 0 Å². The fraction of sp³-hybridized carbons (Fsp3) is 0.500. The largest absolute Gasteiger partial charge is 0.484 e. The number of carbonyl (C=O) groups excluding carboxylic acids is 2. The van der Waals surface area contributed by atoms with Crippen LogP contribution in [0.5, 0.6) is 5.75 Å². The molecule has 158 valence electrons. The summed E-state index contributed by atoms with van der Waals surface area (Å²) in [5, 5.41) is 5.89. The summed E-state index contributed by atoms with van der Waals surface area (Å²) in [5.41, 5.74) is 0.906. The molecule has 2 aromatic rings. The average Bonchev–Trinajstić information content (AvgIpc) is 3.25. The number of rotatable bonds is 7. The maximum atomic E-state index is 12.4. The van der Waals surface area contributed by atoms with Crippen LogP contribution < -0.4 is 15.4 Å². The van der Waals surface area contributed by atoms with Gasteiger partial charge < -0.3 is 19.8 Å². The predicted octanol–water partition coefficient (Wildman–Crippen LogP) is 4.24. The van der Waals surface area contributed by atoms with Crippen LogP contribution in [0.25, 0.3) is 0 Å². The maximum absolute atomic E-state index is 12.4. The van der Waals surface area contributed by atoms with Gasteiger partial charge in [0.2, 0.25) is 0 Å². The Bertz CT molecular complexity index is 886. The van der Waals surface area contributed by atoms with Crippen LogP contribution in [-0.2, 0) is 4.79 Å². The van der Waals surface area contributed by atoms with E-state index in [9.17, 15) is 9.59 Å². The molecule has 6 nitrogen and oxygen atoms in total. The first-order valence-corrected chi connectivity index (χ1v) is 10.9. The maximum Gasteiger partial charge on any atom is 0.291 e. The van der Waals surface area contributed by atoms with Crippen molar-refractivity contribution >= 4 is 17.5 Å². The van der Waals surface area contributed by atoms with Crippen LogP contribution in [0.4, 0.5) is 5.69 Å². The summed E-state index contributed by atoms with van der Waals surface area (Å²) in [6.07, 6.45) is 9.50. The standard InChI is InChI=1S/C24H28N2O4/c27-22(25-15-24-11-16-7-17(12-24)9-18(8-16)13-24)14-30-20-4-1-3-19(10-20)26-23(28)21-5-2-6-29-21/h1-6,10,16-18H,7-9,11-15H2,(H,25,27)(H,26,28). The highest BCUT2D eigenvalue weighted by Gasteiger charge is 2.50. The van der Waals surface area contributed by atoms with E-state index in [4.69, 9.17) is 9.15 Å². The van der Waals surface area contributed by atoms with Crippen LogP contribution in [0.2, 0.25) is 0 Å². The summed E-state index contributed by atoms with van der Waals surface area (Å²) in [7, 11) is 0. The van der Waals surface area contributed by atoms with E-state index >= 15 is 0 Å². The van der Waals surface area contributed by atoms with Crippen LogP contribution in [0.1, 0.15) is 49.1 Å². The lowest BCUT2D eigenvalue weighted by Crippen LogP contribution is -2.51. The molecule has 2 amide bonds. The van der Waals surface area contributed by atoms with Gasteiger partial charge in [-0.25, -0.2) is 0 Å². The Balaban J connectivity index is 1.11. The molecule has 4 saturated carbocycles. The number of hydrogen-bond donors (Lipinski definition) is 2. The third kappa shape index (κ3) is 4.09. The second-order valence-corrected chi connectivity index (χ2v) is 9.44. The second-order valence-electron chi connectivity index (χ2n) is 9.44. The highest BCUT2D eigenvalue weighted by Crippen LogP contribution is 2.59. The zero-order chi connectivity index (χ0) is 20.6. The molecule has 0 spiro atoms. The molecule has 0 atom stereocenters. The lowest BCUT2D eigenvalue weighted by molar-refractivity contribution is -0.125. The van der Waals surface area contributed by atoms with Gasteiger partial charge in [0.05, 0.1) is 6.26 Å². The summed E-state index contributed by atoms with van der Waals surface area (Å²) < 4.78 is 10.8. The molecule has 4 fully saturated rings. The molecule has 6 rings (SSSR count). The average molecular weight is 408 g/mol. The van der Waals surface area contributed by atoms with Gasteiger partial charge in [0.15, 0.2) is 12.4 Å². The zero-order valence-corrected chi connectivity index (χ0v) is 17.1. The lowest BCUT2D eigenvalue weighted by atomic mass is 9.49. The molecule has 1 heterocycles. The quantitative estimate of drug-likeness (QED) is 0.718.